The first kappa shape index (κ1) is 21.4. The van der Waals surface area contributed by atoms with Crippen LogP contribution in [0.1, 0.15) is 71.6 Å². The van der Waals surface area contributed by atoms with Crippen molar-refractivity contribution in [3.05, 3.63) is 48.6 Å². The predicted octanol–water partition coefficient (Wildman–Crippen LogP) is 6.46. The molecule has 0 radical (unpaired) electrons. The van der Waals surface area contributed by atoms with Crippen molar-refractivity contribution in [1.82, 2.24) is 0 Å². The van der Waals surface area contributed by atoms with Crippen LogP contribution < -0.4 is 0 Å². The molecular weight excluding hydrogens is 284 g/mol. The lowest BCUT2D eigenvalue weighted by molar-refractivity contribution is -0.141. The molecule has 1 N–H and O–H groups in total. The number of carboxylic acid groups (broad SMARTS) is 1. The van der Waals surface area contributed by atoms with Crippen LogP contribution in [0.2, 0.25) is 0 Å². The van der Waals surface area contributed by atoms with Crippen molar-refractivity contribution in [1.29, 1.82) is 0 Å². The van der Waals surface area contributed by atoms with E-state index in [1.54, 1.807) is 6.92 Å². The maximum atomic E-state index is 10.7. The van der Waals surface area contributed by atoms with E-state index in [9.17, 15) is 4.79 Å². The van der Waals surface area contributed by atoms with Gasteiger partial charge < -0.3 is 5.11 Å². The summed E-state index contributed by atoms with van der Waals surface area (Å²) >= 11 is 0. The monoisotopic (exact) mass is 318 g/mol. The minimum Gasteiger partial charge on any atom is -0.481 e. The first-order valence-electron chi connectivity index (χ1n) is 9.01. The van der Waals surface area contributed by atoms with Crippen molar-refractivity contribution in [3.63, 3.8) is 0 Å². The maximum Gasteiger partial charge on any atom is 0.306 e. The number of aliphatic carboxylic acids is 1. The fourth-order valence-corrected chi connectivity index (χ4v) is 2.11. The summed E-state index contributed by atoms with van der Waals surface area (Å²) in [6, 6.07) is 0. The van der Waals surface area contributed by atoms with Crippen molar-refractivity contribution in [3.8, 4) is 0 Å². The molecule has 1 atom stereocenters. The average molecular weight is 319 g/mol. The lowest BCUT2D eigenvalue weighted by Gasteiger charge is -2.04. The Morgan fingerprint density at radius 1 is 0.826 bits per heavy atom. The molecule has 0 bridgehead atoms. The molecule has 0 rings (SSSR count). The molecule has 0 saturated carbocycles. The molecule has 0 aliphatic rings. The number of unbranched alkanes of at least 4 members (excludes halogenated alkanes) is 3. The summed E-state index contributed by atoms with van der Waals surface area (Å²) in [5, 5.41) is 8.78. The first-order valence-corrected chi connectivity index (χ1v) is 9.01. The third-order valence-corrected chi connectivity index (χ3v) is 3.65. The summed E-state index contributed by atoms with van der Waals surface area (Å²) in [4.78, 5) is 10.7. The lowest BCUT2D eigenvalue weighted by Crippen LogP contribution is -2.08. The van der Waals surface area contributed by atoms with E-state index >= 15 is 0 Å². The van der Waals surface area contributed by atoms with Gasteiger partial charge in [-0.1, -0.05) is 75.3 Å². The Kier molecular flexibility index (Phi) is 15.6. The first-order chi connectivity index (χ1) is 11.2. The molecule has 1 unspecified atom stereocenters. The Morgan fingerprint density at radius 2 is 1.35 bits per heavy atom. The zero-order valence-electron chi connectivity index (χ0n) is 14.9. The molecule has 2 nitrogen and oxygen atoms in total. The second kappa shape index (κ2) is 16.8. The lowest BCUT2D eigenvalue weighted by atomic mass is 10.0. The van der Waals surface area contributed by atoms with Gasteiger partial charge in [-0.3, -0.25) is 4.79 Å². The van der Waals surface area contributed by atoms with Crippen LogP contribution in [0.15, 0.2) is 48.6 Å². The Morgan fingerprint density at radius 3 is 1.87 bits per heavy atom. The van der Waals surface area contributed by atoms with E-state index in [0.717, 1.165) is 57.8 Å². The molecular formula is C21H34O2. The van der Waals surface area contributed by atoms with Crippen LogP contribution in [0, 0.1) is 5.92 Å². The molecule has 0 saturated heterocycles. The summed E-state index contributed by atoms with van der Waals surface area (Å²) in [6.07, 6.45) is 27.0. The van der Waals surface area contributed by atoms with E-state index in [1.165, 1.54) is 0 Å². The smallest absolute Gasteiger partial charge is 0.306 e. The molecule has 0 spiro atoms. The number of carbonyl (C=O) groups is 1. The highest BCUT2D eigenvalue weighted by Crippen LogP contribution is 2.10. The number of allylic oxidation sites excluding steroid dienone is 8. The van der Waals surface area contributed by atoms with Crippen LogP contribution in [0.25, 0.3) is 0 Å². The van der Waals surface area contributed by atoms with Gasteiger partial charge in [-0.2, -0.15) is 0 Å². The van der Waals surface area contributed by atoms with Crippen LogP contribution >= 0.6 is 0 Å². The fourth-order valence-electron chi connectivity index (χ4n) is 2.11. The van der Waals surface area contributed by atoms with Crippen LogP contribution in [-0.4, -0.2) is 11.1 Å². The molecule has 0 amide bonds. The van der Waals surface area contributed by atoms with Crippen molar-refractivity contribution in [2.24, 2.45) is 5.92 Å². The van der Waals surface area contributed by atoms with Crippen molar-refractivity contribution < 1.29 is 9.90 Å². The summed E-state index contributed by atoms with van der Waals surface area (Å²) in [7, 11) is 0. The van der Waals surface area contributed by atoms with Crippen LogP contribution in [0.3, 0.4) is 0 Å². The average Bonchev–Trinajstić information content (AvgIpc) is 2.54. The maximum absolute atomic E-state index is 10.7. The molecule has 2 heteroatoms. The fraction of sp³-hybridized carbons (Fsp3) is 0.571. The molecule has 0 aliphatic carbocycles. The standard InChI is InChI=1S/C21H34O2/c1-3-4-5-6-7-8-9-10-11-12-13-14-15-16-17-18-19-20(2)21(22)23/h4-5,7-8,10-11,13-14,20H,3,6,9,12,15-19H2,1-2H3,(H,22,23)/b5-4+,8-7+,11-10+,14-13+. The number of carboxylic acids is 1. The summed E-state index contributed by atoms with van der Waals surface area (Å²) < 4.78 is 0. The normalized spacial score (nSPS) is 13.8. The topological polar surface area (TPSA) is 37.3 Å². The zero-order valence-corrected chi connectivity index (χ0v) is 14.9. The third-order valence-electron chi connectivity index (χ3n) is 3.65. The summed E-state index contributed by atoms with van der Waals surface area (Å²) in [5.74, 6) is -0.878. The van der Waals surface area contributed by atoms with Gasteiger partial charge in [-0.25, -0.2) is 0 Å². The highest BCUT2D eigenvalue weighted by molar-refractivity contribution is 5.69. The third kappa shape index (κ3) is 16.6. The van der Waals surface area contributed by atoms with E-state index in [1.807, 2.05) is 0 Å². The van der Waals surface area contributed by atoms with Crippen LogP contribution in [-0.2, 0) is 4.79 Å². The van der Waals surface area contributed by atoms with Gasteiger partial charge in [0.25, 0.3) is 0 Å². The Balaban J connectivity index is 3.42. The largest absolute Gasteiger partial charge is 0.481 e. The molecule has 23 heavy (non-hydrogen) atoms. The summed E-state index contributed by atoms with van der Waals surface area (Å²) in [6.45, 7) is 3.93. The van der Waals surface area contributed by atoms with Gasteiger partial charge in [0.05, 0.1) is 5.92 Å². The van der Waals surface area contributed by atoms with E-state index in [0.29, 0.717) is 0 Å². The minimum absolute atomic E-state index is 0.201. The van der Waals surface area contributed by atoms with E-state index < -0.39 is 5.97 Å². The Bertz CT molecular complexity index is 389. The van der Waals surface area contributed by atoms with Gasteiger partial charge in [-0.15, -0.1) is 0 Å². The SMILES string of the molecule is CC/C=C/C/C=C/C/C=C/C/C=C/CCCCCC(C)C(=O)O. The Hall–Kier alpha value is -1.57. The molecule has 0 aliphatic heterocycles. The second-order valence-electron chi connectivity index (χ2n) is 5.88. The molecule has 130 valence electrons. The zero-order chi connectivity index (χ0) is 17.2. The number of hydrogen-bond donors (Lipinski definition) is 1. The molecule has 0 fully saturated rings. The van der Waals surface area contributed by atoms with Gasteiger partial charge in [0, 0.05) is 0 Å². The molecule has 0 aromatic rings. The predicted molar refractivity (Wildman–Crippen MR) is 101 cm³/mol. The highest BCUT2D eigenvalue weighted by atomic mass is 16.4. The molecule has 0 aromatic heterocycles. The van der Waals surface area contributed by atoms with Crippen molar-refractivity contribution in [2.75, 3.05) is 0 Å². The van der Waals surface area contributed by atoms with Gasteiger partial charge in [0.1, 0.15) is 0 Å². The Labute approximate surface area is 142 Å². The summed E-state index contributed by atoms with van der Waals surface area (Å²) in [5.41, 5.74) is 0. The van der Waals surface area contributed by atoms with Crippen molar-refractivity contribution in [2.45, 2.75) is 71.6 Å². The number of rotatable bonds is 14. The van der Waals surface area contributed by atoms with Gasteiger partial charge >= 0.3 is 5.97 Å². The van der Waals surface area contributed by atoms with E-state index in [4.69, 9.17) is 5.11 Å². The second-order valence-corrected chi connectivity index (χ2v) is 5.88. The van der Waals surface area contributed by atoms with Gasteiger partial charge in [-0.05, 0) is 44.9 Å². The number of hydrogen-bond acceptors (Lipinski definition) is 1. The van der Waals surface area contributed by atoms with Crippen LogP contribution in [0.5, 0.6) is 0 Å². The quantitative estimate of drug-likeness (QED) is 0.294. The van der Waals surface area contributed by atoms with Gasteiger partial charge in [0.15, 0.2) is 0 Å². The molecule has 0 heterocycles. The van der Waals surface area contributed by atoms with E-state index in [-0.39, 0.29) is 5.92 Å². The highest BCUT2D eigenvalue weighted by Gasteiger charge is 2.08. The van der Waals surface area contributed by atoms with Gasteiger partial charge in [0.2, 0.25) is 0 Å². The van der Waals surface area contributed by atoms with E-state index in [2.05, 4.69) is 55.5 Å². The van der Waals surface area contributed by atoms with Crippen molar-refractivity contribution >= 4 is 5.97 Å². The van der Waals surface area contributed by atoms with Crippen LogP contribution in [0.4, 0.5) is 0 Å². The minimum atomic E-state index is -0.677. The molecule has 0 aromatic carbocycles.